The molecular formula is C15H26N2O6. The predicted molar refractivity (Wildman–Crippen MR) is 83.8 cm³/mol. The van der Waals surface area contributed by atoms with Gasteiger partial charge < -0.3 is 24.8 Å². The second-order valence-corrected chi connectivity index (χ2v) is 5.52. The number of rotatable bonds is 10. The number of urea groups is 1. The molecule has 132 valence electrons. The third-order valence-electron chi connectivity index (χ3n) is 2.64. The quantitative estimate of drug-likeness (QED) is 0.346. The minimum Gasteiger partial charge on any atom is -0.461 e. The number of esters is 2. The Balaban J connectivity index is 3.96. The maximum atomic E-state index is 11.9. The van der Waals surface area contributed by atoms with Crippen molar-refractivity contribution in [1.82, 2.24) is 10.6 Å². The fourth-order valence-electron chi connectivity index (χ4n) is 1.52. The number of nitrogens with one attached hydrogen (secondary N) is 2. The van der Waals surface area contributed by atoms with Gasteiger partial charge in [-0.25, -0.2) is 9.59 Å². The second-order valence-electron chi connectivity index (χ2n) is 5.52. The maximum Gasteiger partial charge on any atom is 0.330 e. The minimum absolute atomic E-state index is 0.0427. The Kier molecular flexibility index (Phi) is 9.64. The lowest BCUT2D eigenvalue weighted by Gasteiger charge is -2.26. The van der Waals surface area contributed by atoms with Crippen molar-refractivity contribution in [3.05, 3.63) is 12.7 Å². The van der Waals surface area contributed by atoms with Gasteiger partial charge in [-0.15, -0.1) is 0 Å². The third-order valence-corrected chi connectivity index (χ3v) is 2.64. The van der Waals surface area contributed by atoms with Crippen molar-refractivity contribution in [1.29, 1.82) is 0 Å². The van der Waals surface area contributed by atoms with E-state index >= 15 is 0 Å². The molecule has 0 aromatic carbocycles. The van der Waals surface area contributed by atoms with Gasteiger partial charge in [0.2, 0.25) is 0 Å². The van der Waals surface area contributed by atoms with Crippen molar-refractivity contribution >= 4 is 18.0 Å². The molecule has 1 unspecified atom stereocenters. The Bertz CT molecular complexity index is 422. The summed E-state index contributed by atoms with van der Waals surface area (Å²) in [5, 5.41) is 5.03. The molecule has 0 aliphatic heterocycles. The highest BCUT2D eigenvalue weighted by molar-refractivity contribution is 5.81. The molecule has 0 saturated heterocycles. The molecule has 0 bridgehead atoms. The summed E-state index contributed by atoms with van der Waals surface area (Å²) in [6.45, 7) is 8.99. The van der Waals surface area contributed by atoms with Gasteiger partial charge in [0.15, 0.2) is 0 Å². The summed E-state index contributed by atoms with van der Waals surface area (Å²) < 4.78 is 15.0. The molecule has 1 atom stereocenters. The predicted octanol–water partition coefficient (Wildman–Crippen LogP) is 0.619. The molecule has 0 spiro atoms. The van der Waals surface area contributed by atoms with Crippen LogP contribution in [-0.2, 0) is 23.8 Å². The van der Waals surface area contributed by atoms with Gasteiger partial charge in [0.25, 0.3) is 0 Å². The van der Waals surface area contributed by atoms with Crippen molar-refractivity contribution in [2.75, 3.05) is 33.4 Å². The van der Waals surface area contributed by atoms with E-state index in [1.165, 1.54) is 7.11 Å². The molecule has 0 saturated carbocycles. The van der Waals surface area contributed by atoms with Gasteiger partial charge in [-0.05, 0) is 13.8 Å². The number of hydrogen-bond donors (Lipinski definition) is 2. The molecule has 8 nitrogen and oxygen atoms in total. The molecule has 8 heteroatoms. The molecule has 0 heterocycles. The summed E-state index contributed by atoms with van der Waals surface area (Å²) in [6.07, 6.45) is 1.04. The summed E-state index contributed by atoms with van der Waals surface area (Å²) in [4.78, 5) is 34.2. The van der Waals surface area contributed by atoms with Gasteiger partial charge in [-0.2, -0.15) is 0 Å². The molecule has 0 fully saturated rings. The average Bonchev–Trinajstić information content (AvgIpc) is 2.48. The molecule has 0 radical (unpaired) electrons. The highest BCUT2D eigenvalue weighted by atomic mass is 16.6. The van der Waals surface area contributed by atoms with Crippen molar-refractivity contribution in [3.8, 4) is 0 Å². The lowest BCUT2D eigenvalue weighted by molar-refractivity contribution is -0.165. The standard InChI is InChI=1S/C15H26N2O6/c1-6-12(18)22-8-7-16-14(20)17-9-11(2)13(19)23-15(3,4)10-21-5/h6,11H,1,7-10H2,2-5H3,(H2,16,17,20). The van der Waals surface area contributed by atoms with Crippen molar-refractivity contribution in [2.45, 2.75) is 26.4 Å². The minimum atomic E-state index is -0.725. The van der Waals surface area contributed by atoms with Gasteiger partial charge in [0.1, 0.15) is 12.2 Å². The van der Waals surface area contributed by atoms with E-state index in [1.54, 1.807) is 20.8 Å². The summed E-state index contributed by atoms with van der Waals surface area (Å²) in [6, 6.07) is -0.463. The molecule has 2 amide bonds. The summed E-state index contributed by atoms with van der Waals surface area (Å²) in [7, 11) is 1.53. The van der Waals surface area contributed by atoms with Crippen LogP contribution < -0.4 is 10.6 Å². The van der Waals surface area contributed by atoms with E-state index in [4.69, 9.17) is 14.2 Å². The van der Waals surface area contributed by atoms with Gasteiger partial charge in [0.05, 0.1) is 19.1 Å². The largest absolute Gasteiger partial charge is 0.461 e. The fraction of sp³-hybridized carbons (Fsp3) is 0.667. The van der Waals surface area contributed by atoms with E-state index in [9.17, 15) is 14.4 Å². The van der Waals surface area contributed by atoms with Gasteiger partial charge in [-0.3, -0.25) is 4.79 Å². The molecule has 0 rings (SSSR count). The lowest BCUT2D eigenvalue weighted by atomic mass is 10.1. The first-order valence-corrected chi connectivity index (χ1v) is 7.24. The van der Waals surface area contributed by atoms with E-state index in [2.05, 4.69) is 17.2 Å². The molecule has 2 N–H and O–H groups in total. The zero-order valence-electron chi connectivity index (χ0n) is 14.1. The number of carbonyl (C=O) groups is 3. The Labute approximate surface area is 136 Å². The van der Waals surface area contributed by atoms with Crippen molar-refractivity contribution in [2.24, 2.45) is 5.92 Å². The highest BCUT2D eigenvalue weighted by Crippen LogP contribution is 2.12. The highest BCUT2D eigenvalue weighted by Gasteiger charge is 2.26. The zero-order chi connectivity index (χ0) is 17.9. The van der Waals surface area contributed by atoms with E-state index in [1.807, 2.05) is 0 Å². The summed E-state index contributed by atoms with van der Waals surface area (Å²) in [5.74, 6) is -1.48. The number of methoxy groups -OCH3 is 1. The van der Waals surface area contributed by atoms with E-state index in [0.717, 1.165) is 6.08 Å². The molecular weight excluding hydrogens is 304 g/mol. The van der Waals surface area contributed by atoms with Crippen LogP contribution in [0.3, 0.4) is 0 Å². The van der Waals surface area contributed by atoms with Gasteiger partial charge >= 0.3 is 18.0 Å². The smallest absolute Gasteiger partial charge is 0.330 e. The zero-order valence-corrected chi connectivity index (χ0v) is 14.1. The van der Waals surface area contributed by atoms with Crippen LogP contribution in [-0.4, -0.2) is 57.0 Å². The molecule has 0 aliphatic rings. The van der Waals surface area contributed by atoms with Crippen LogP contribution in [0.5, 0.6) is 0 Å². The van der Waals surface area contributed by atoms with Crippen molar-refractivity contribution < 1.29 is 28.6 Å². The first kappa shape index (κ1) is 20.9. The topological polar surface area (TPSA) is 103 Å². The Morgan fingerprint density at radius 2 is 1.91 bits per heavy atom. The van der Waals surface area contributed by atoms with E-state index < -0.39 is 29.5 Å². The Morgan fingerprint density at radius 3 is 2.48 bits per heavy atom. The fourth-order valence-corrected chi connectivity index (χ4v) is 1.52. The van der Waals surface area contributed by atoms with Crippen LogP contribution in [0.15, 0.2) is 12.7 Å². The SMILES string of the molecule is C=CC(=O)OCCNC(=O)NCC(C)C(=O)OC(C)(C)COC. The normalized spacial score (nSPS) is 12.0. The lowest BCUT2D eigenvalue weighted by Crippen LogP contribution is -2.42. The number of carbonyl (C=O) groups excluding carboxylic acids is 3. The van der Waals surface area contributed by atoms with Gasteiger partial charge in [0, 0.05) is 19.7 Å². The first-order valence-electron chi connectivity index (χ1n) is 7.24. The number of hydrogen-bond acceptors (Lipinski definition) is 6. The average molecular weight is 330 g/mol. The maximum absolute atomic E-state index is 11.9. The molecule has 0 aromatic heterocycles. The summed E-state index contributed by atoms with van der Waals surface area (Å²) >= 11 is 0. The number of ether oxygens (including phenoxy) is 3. The van der Waals surface area contributed by atoms with Crippen molar-refractivity contribution in [3.63, 3.8) is 0 Å². The second kappa shape index (κ2) is 10.6. The van der Waals surface area contributed by atoms with Gasteiger partial charge in [-0.1, -0.05) is 13.5 Å². The number of amides is 2. The van der Waals surface area contributed by atoms with Crippen LogP contribution >= 0.6 is 0 Å². The Morgan fingerprint density at radius 1 is 1.26 bits per heavy atom. The van der Waals surface area contributed by atoms with Crippen LogP contribution in [0.4, 0.5) is 4.79 Å². The Hall–Kier alpha value is -2.09. The molecule has 0 aromatic rings. The van der Waals surface area contributed by atoms with Crippen LogP contribution in [0.25, 0.3) is 0 Å². The molecule has 23 heavy (non-hydrogen) atoms. The van der Waals surface area contributed by atoms with E-state index in [-0.39, 0.29) is 26.3 Å². The third kappa shape index (κ3) is 10.3. The van der Waals surface area contributed by atoms with E-state index in [0.29, 0.717) is 0 Å². The first-order chi connectivity index (χ1) is 10.7. The van der Waals surface area contributed by atoms with Crippen LogP contribution in [0.1, 0.15) is 20.8 Å². The monoisotopic (exact) mass is 330 g/mol. The van der Waals surface area contributed by atoms with Crippen LogP contribution in [0, 0.1) is 5.92 Å². The summed E-state index contributed by atoms with van der Waals surface area (Å²) in [5.41, 5.74) is -0.725. The van der Waals surface area contributed by atoms with Crippen LogP contribution in [0.2, 0.25) is 0 Å². The molecule has 0 aliphatic carbocycles.